The number of aromatic nitrogens is 2. The summed E-state index contributed by atoms with van der Waals surface area (Å²) in [6.45, 7) is 1.20. The van der Waals surface area contributed by atoms with Gasteiger partial charge in [0.2, 0.25) is 5.75 Å². The molecule has 8 heteroatoms. The van der Waals surface area contributed by atoms with Crippen molar-refractivity contribution in [2.45, 2.75) is 12.5 Å². The maximum Gasteiger partial charge on any atom is 0.305 e. The molecule has 1 fully saturated rings. The maximum atomic E-state index is 11.6. The Morgan fingerprint density at radius 1 is 1.74 bits per heavy atom. The second-order valence-electron chi connectivity index (χ2n) is 4.11. The number of carbonyl (C=O) groups is 1. The molecular formula is C11H15N3O5. The molecule has 8 nitrogen and oxygen atoms in total. The summed E-state index contributed by atoms with van der Waals surface area (Å²) in [5.41, 5.74) is -0.395. The van der Waals surface area contributed by atoms with Crippen LogP contribution in [0.2, 0.25) is 0 Å². The zero-order chi connectivity index (χ0) is 13.8. The molecule has 1 aliphatic rings. The van der Waals surface area contributed by atoms with Crippen molar-refractivity contribution >= 4 is 11.8 Å². The Morgan fingerprint density at radius 3 is 3.21 bits per heavy atom. The molecule has 0 aromatic carbocycles. The van der Waals surface area contributed by atoms with Gasteiger partial charge in [-0.2, -0.15) is 0 Å². The highest BCUT2D eigenvalue weighted by atomic mass is 16.5. The highest BCUT2D eigenvalue weighted by molar-refractivity contribution is 5.69. The molecule has 0 aliphatic carbocycles. The van der Waals surface area contributed by atoms with Gasteiger partial charge in [0.25, 0.3) is 5.56 Å². The molecule has 0 saturated carbocycles. The molecule has 1 aromatic heterocycles. The van der Waals surface area contributed by atoms with E-state index in [1.54, 1.807) is 4.90 Å². The smallest absolute Gasteiger partial charge is 0.305 e. The average molecular weight is 269 g/mol. The van der Waals surface area contributed by atoms with Crippen LogP contribution in [0.4, 0.5) is 5.82 Å². The van der Waals surface area contributed by atoms with Gasteiger partial charge in [0.05, 0.1) is 39.1 Å². The van der Waals surface area contributed by atoms with Crippen molar-refractivity contribution in [2.24, 2.45) is 0 Å². The van der Waals surface area contributed by atoms with Gasteiger partial charge < -0.3 is 24.5 Å². The number of nitrogens with zero attached hydrogens (tertiary/aromatic N) is 2. The Bertz CT molecular complexity index is 515. The number of morpholine rings is 1. The number of hydrogen-bond donors (Lipinski definition) is 2. The van der Waals surface area contributed by atoms with E-state index in [0.717, 1.165) is 0 Å². The van der Waals surface area contributed by atoms with Crippen molar-refractivity contribution in [1.29, 1.82) is 0 Å². The summed E-state index contributed by atoms with van der Waals surface area (Å²) in [6, 6.07) is -0.366. The first kappa shape index (κ1) is 13.3. The summed E-state index contributed by atoms with van der Waals surface area (Å²) in [5.74, 6) is -0.495. The number of aliphatic carboxylic acids is 1. The Kier molecular flexibility index (Phi) is 4.00. The number of aromatic amines is 1. The van der Waals surface area contributed by atoms with E-state index in [1.807, 2.05) is 0 Å². The molecule has 0 amide bonds. The first-order valence-corrected chi connectivity index (χ1v) is 5.81. The molecule has 19 heavy (non-hydrogen) atoms. The molecule has 104 valence electrons. The van der Waals surface area contributed by atoms with E-state index in [2.05, 4.69) is 9.97 Å². The van der Waals surface area contributed by atoms with E-state index in [1.165, 1.54) is 13.4 Å². The van der Waals surface area contributed by atoms with Gasteiger partial charge in [-0.1, -0.05) is 0 Å². The normalized spacial score (nSPS) is 19.2. The molecular weight excluding hydrogens is 254 g/mol. The summed E-state index contributed by atoms with van der Waals surface area (Å²) < 4.78 is 10.3. The van der Waals surface area contributed by atoms with Crippen LogP contribution in [0.15, 0.2) is 11.1 Å². The second kappa shape index (κ2) is 5.70. The van der Waals surface area contributed by atoms with Gasteiger partial charge in [-0.3, -0.25) is 9.59 Å². The molecule has 1 saturated heterocycles. The van der Waals surface area contributed by atoms with Gasteiger partial charge in [-0.05, 0) is 0 Å². The van der Waals surface area contributed by atoms with Gasteiger partial charge in [0, 0.05) is 6.54 Å². The molecule has 2 N–H and O–H groups in total. The second-order valence-corrected chi connectivity index (χ2v) is 4.11. The lowest BCUT2D eigenvalue weighted by Crippen LogP contribution is -2.47. The Balaban J connectivity index is 2.34. The molecule has 0 bridgehead atoms. The Hall–Kier alpha value is -2.09. The molecule has 2 heterocycles. The lowest BCUT2D eigenvalue weighted by Gasteiger charge is -2.35. The quantitative estimate of drug-likeness (QED) is 0.756. The van der Waals surface area contributed by atoms with Crippen molar-refractivity contribution in [2.75, 3.05) is 31.8 Å². The predicted octanol–water partition coefficient (Wildman–Crippen LogP) is -0.542. The van der Waals surface area contributed by atoms with Crippen molar-refractivity contribution in [1.82, 2.24) is 9.97 Å². The van der Waals surface area contributed by atoms with Crippen LogP contribution in [0.1, 0.15) is 6.42 Å². The summed E-state index contributed by atoms with van der Waals surface area (Å²) in [5, 5.41) is 8.91. The predicted molar refractivity (Wildman–Crippen MR) is 65.6 cm³/mol. The van der Waals surface area contributed by atoms with Crippen molar-refractivity contribution in [3.05, 3.63) is 16.7 Å². The fraction of sp³-hybridized carbons (Fsp3) is 0.545. The van der Waals surface area contributed by atoms with Crippen molar-refractivity contribution in [3.63, 3.8) is 0 Å². The van der Waals surface area contributed by atoms with Crippen LogP contribution < -0.4 is 15.2 Å². The van der Waals surface area contributed by atoms with Crippen LogP contribution in [-0.2, 0) is 9.53 Å². The average Bonchev–Trinajstić information content (AvgIpc) is 2.38. The van der Waals surface area contributed by atoms with Crippen molar-refractivity contribution in [3.8, 4) is 5.75 Å². The van der Waals surface area contributed by atoms with Crippen LogP contribution in [0, 0.1) is 0 Å². The summed E-state index contributed by atoms with van der Waals surface area (Å²) in [6.07, 6.45) is 1.19. The zero-order valence-corrected chi connectivity index (χ0v) is 10.5. The lowest BCUT2D eigenvalue weighted by molar-refractivity contribution is -0.138. The summed E-state index contributed by atoms with van der Waals surface area (Å²) >= 11 is 0. The lowest BCUT2D eigenvalue weighted by atomic mass is 10.1. The molecule has 2 rings (SSSR count). The molecule has 1 unspecified atom stereocenters. The van der Waals surface area contributed by atoms with E-state index in [-0.39, 0.29) is 24.8 Å². The Labute approximate surface area is 109 Å². The Morgan fingerprint density at radius 2 is 2.53 bits per heavy atom. The van der Waals surface area contributed by atoms with Gasteiger partial charge >= 0.3 is 5.97 Å². The first-order valence-electron chi connectivity index (χ1n) is 5.81. The molecule has 1 atom stereocenters. The summed E-state index contributed by atoms with van der Waals surface area (Å²) in [4.78, 5) is 30.8. The summed E-state index contributed by atoms with van der Waals surface area (Å²) in [7, 11) is 1.38. The minimum atomic E-state index is -0.927. The van der Waals surface area contributed by atoms with Gasteiger partial charge in [0.1, 0.15) is 0 Å². The molecule has 1 aliphatic heterocycles. The highest BCUT2D eigenvalue weighted by Crippen LogP contribution is 2.25. The fourth-order valence-corrected chi connectivity index (χ4v) is 2.07. The van der Waals surface area contributed by atoms with Crippen LogP contribution in [0.5, 0.6) is 5.75 Å². The maximum absolute atomic E-state index is 11.6. The number of carboxylic acid groups (broad SMARTS) is 1. The van der Waals surface area contributed by atoms with Crippen LogP contribution in [0.3, 0.4) is 0 Å². The van der Waals surface area contributed by atoms with Gasteiger partial charge in [0.15, 0.2) is 5.82 Å². The minimum absolute atomic E-state index is 0.0831. The van der Waals surface area contributed by atoms with E-state index in [9.17, 15) is 9.59 Å². The SMILES string of the molecule is COc1c(N2CCOCC2CC(=O)O)nc[nH]c1=O. The van der Waals surface area contributed by atoms with E-state index >= 15 is 0 Å². The standard InChI is InChI=1S/C11H15N3O5/c1-18-9-10(12-6-13-11(9)17)14-2-3-19-5-7(14)4-8(15)16/h6-7H,2-5H2,1H3,(H,15,16)(H,12,13,17). The third-order valence-corrected chi connectivity index (χ3v) is 2.91. The monoisotopic (exact) mass is 269 g/mol. The number of H-pyrrole nitrogens is 1. The fourth-order valence-electron chi connectivity index (χ4n) is 2.07. The topological polar surface area (TPSA) is 105 Å². The third-order valence-electron chi connectivity index (χ3n) is 2.91. The number of anilines is 1. The van der Waals surface area contributed by atoms with Crippen LogP contribution in [0.25, 0.3) is 0 Å². The van der Waals surface area contributed by atoms with Gasteiger partial charge in [-0.25, -0.2) is 4.98 Å². The van der Waals surface area contributed by atoms with Crippen LogP contribution in [-0.4, -0.2) is 54.0 Å². The third kappa shape index (κ3) is 2.84. The van der Waals surface area contributed by atoms with Gasteiger partial charge in [-0.15, -0.1) is 0 Å². The van der Waals surface area contributed by atoms with Crippen molar-refractivity contribution < 1.29 is 19.4 Å². The number of ether oxygens (including phenoxy) is 2. The number of hydrogen-bond acceptors (Lipinski definition) is 6. The highest BCUT2D eigenvalue weighted by Gasteiger charge is 2.29. The number of rotatable bonds is 4. The first-order chi connectivity index (χ1) is 9.13. The van der Waals surface area contributed by atoms with E-state index in [4.69, 9.17) is 14.6 Å². The molecule has 1 aromatic rings. The number of nitrogens with one attached hydrogen (secondary N) is 1. The molecule has 0 spiro atoms. The van der Waals surface area contributed by atoms with Crippen LogP contribution >= 0.6 is 0 Å². The van der Waals surface area contributed by atoms with E-state index < -0.39 is 11.5 Å². The van der Waals surface area contributed by atoms with E-state index in [0.29, 0.717) is 19.0 Å². The number of carboxylic acids is 1. The number of methoxy groups -OCH3 is 1. The minimum Gasteiger partial charge on any atom is -0.489 e. The largest absolute Gasteiger partial charge is 0.489 e. The molecule has 0 radical (unpaired) electrons. The zero-order valence-electron chi connectivity index (χ0n) is 10.5.